The van der Waals surface area contributed by atoms with E-state index in [4.69, 9.17) is 9.40 Å². The van der Waals surface area contributed by atoms with Gasteiger partial charge in [-0.25, -0.2) is 4.98 Å². The van der Waals surface area contributed by atoms with Crippen LogP contribution in [-0.4, -0.2) is 19.7 Å². The molecule has 0 bridgehead atoms. The van der Waals surface area contributed by atoms with E-state index < -0.39 is 0 Å². The molecule has 0 saturated heterocycles. The minimum atomic E-state index is -0.214. The van der Waals surface area contributed by atoms with Gasteiger partial charge in [0.05, 0.1) is 5.56 Å². The summed E-state index contributed by atoms with van der Waals surface area (Å²) in [6.07, 6.45) is 3.42. The molecule has 4 heterocycles. The van der Waals surface area contributed by atoms with Gasteiger partial charge >= 0.3 is 0 Å². The summed E-state index contributed by atoms with van der Waals surface area (Å²) in [4.78, 5) is 31.8. The Morgan fingerprint density at radius 1 is 1.15 bits per heavy atom. The quantitative estimate of drug-likeness (QED) is 0.503. The van der Waals surface area contributed by atoms with Crippen molar-refractivity contribution in [3.05, 3.63) is 63.3 Å². The highest BCUT2D eigenvalue weighted by Gasteiger charge is 2.22. The number of aromatic nitrogens is 4. The van der Waals surface area contributed by atoms with Gasteiger partial charge in [-0.05, 0) is 38.1 Å². The molecule has 7 nitrogen and oxygen atoms in total. The van der Waals surface area contributed by atoms with Crippen molar-refractivity contribution in [1.29, 1.82) is 0 Å². The number of H-pyrrole nitrogens is 2. The smallest absolute Gasteiger partial charge is 0.255 e. The summed E-state index contributed by atoms with van der Waals surface area (Å²) >= 11 is 0. The van der Waals surface area contributed by atoms with Crippen molar-refractivity contribution < 1.29 is 4.42 Å². The molecule has 7 heteroatoms. The lowest BCUT2D eigenvalue weighted by Crippen LogP contribution is -2.08. The number of nitrogens with zero attached hydrogens (tertiary/aromatic N) is 2. The monoisotopic (exact) mass is 360 g/mol. The van der Waals surface area contributed by atoms with Crippen LogP contribution in [0.4, 0.5) is 0 Å². The maximum absolute atomic E-state index is 12.5. The molecular weight excluding hydrogens is 344 g/mol. The fourth-order valence-corrected chi connectivity index (χ4v) is 3.54. The van der Waals surface area contributed by atoms with Gasteiger partial charge in [-0.2, -0.15) is 0 Å². The van der Waals surface area contributed by atoms with E-state index in [1.165, 1.54) is 12.1 Å². The predicted molar refractivity (Wildman–Crippen MR) is 104 cm³/mol. The van der Waals surface area contributed by atoms with Crippen LogP contribution >= 0.6 is 0 Å². The van der Waals surface area contributed by atoms with Crippen LogP contribution in [0.2, 0.25) is 0 Å². The van der Waals surface area contributed by atoms with Gasteiger partial charge in [0.15, 0.2) is 16.7 Å². The van der Waals surface area contributed by atoms with E-state index in [-0.39, 0.29) is 17.0 Å². The van der Waals surface area contributed by atoms with Gasteiger partial charge < -0.3 is 14.5 Å². The second kappa shape index (κ2) is 5.44. The lowest BCUT2D eigenvalue weighted by molar-refractivity contribution is 0.547. The molecular formula is C20H16N4O3. The van der Waals surface area contributed by atoms with E-state index >= 15 is 0 Å². The Bertz CT molecular complexity index is 1450. The van der Waals surface area contributed by atoms with E-state index in [0.29, 0.717) is 27.8 Å². The zero-order valence-electron chi connectivity index (χ0n) is 14.7. The summed E-state index contributed by atoms with van der Waals surface area (Å²) in [6, 6.07) is 8.34. The fourth-order valence-electron chi connectivity index (χ4n) is 3.54. The van der Waals surface area contributed by atoms with E-state index in [0.717, 1.165) is 16.4 Å². The first-order valence-electron chi connectivity index (χ1n) is 8.68. The largest absolute Gasteiger partial charge is 0.454 e. The van der Waals surface area contributed by atoms with Gasteiger partial charge in [-0.3, -0.25) is 14.3 Å². The maximum atomic E-state index is 12.5. The van der Waals surface area contributed by atoms with Crippen LogP contribution in [0.5, 0.6) is 0 Å². The maximum Gasteiger partial charge on any atom is 0.255 e. The van der Waals surface area contributed by atoms with Gasteiger partial charge in [0.25, 0.3) is 5.56 Å². The number of benzene rings is 1. The molecule has 0 amide bonds. The highest BCUT2D eigenvalue weighted by atomic mass is 16.3. The topological polar surface area (TPSA) is 96.7 Å². The molecule has 0 aliphatic heterocycles. The van der Waals surface area contributed by atoms with Crippen LogP contribution in [-0.2, 0) is 0 Å². The van der Waals surface area contributed by atoms with Gasteiger partial charge in [-0.1, -0.05) is 0 Å². The van der Waals surface area contributed by atoms with Crippen molar-refractivity contribution >= 4 is 33.1 Å². The van der Waals surface area contributed by atoms with Crippen LogP contribution < -0.4 is 11.0 Å². The second-order valence-electron chi connectivity index (χ2n) is 6.81. The standard InChI is InChI=1S/C20H16N4O3/c1-10(2)24-19-14(9-22-24)16(13-4-3-7-21-20(13)26)18-17(23-19)12-6-5-11(25)8-15(12)27-18/h3-10,22H,1-2H3,(H,21,26). The summed E-state index contributed by atoms with van der Waals surface area (Å²) < 4.78 is 7.95. The van der Waals surface area contributed by atoms with Crippen LogP contribution in [0.3, 0.4) is 0 Å². The number of hydrogen-bond donors (Lipinski definition) is 2. The van der Waals surface area contributed by atoms with E-state index in [1.54, 1.807) is 24.4 Å². The second-order valence-corrected chi connectivity index (χ2v) is 6.81. The van der Waals surface area contributed by atoms with E-state index in [1.807, 2.05) is 24.7 Å². The zero-order chi connectivity index (χ0) is 18.7. The number of furan rings is 1. The summed E-state index contributed by atoms with van der Waals surface area (Å²) in [7, 11) is 0. The third-order valence-electron chi connectivity index (χ3n) is 4.77. The molecule has 0 aliphatic rings. The molecule has 1 aromatic carbocycles. The number of nitrogens with one attached hydrogen (secondary N) is 2. The van der Waals surface area contributed by atoms with Crippen molar-refractivity contribution in [3.8, 4) is 11.1 Å². The van der Waals surface area contributed by atoms with Gasteiger partial charge in [0.1, 0.15) is 11.1 Å². The highest BCUT2D eigenvalue weighted by Crippen LogP contribution is 2.38. The molecule has 0 saturated carbocycles. The normalized spacial score (nSPS) is 12.0. The Hall–Kier alpha value is -3.61. The summed E-state index contributed by atoms with van der Waals surface area (Å²) in [5.74, 6) is 0. The van der Waals surface area contributed by atoms with E-state index in [2.05, 4.69) is 10.1 Å². The Morgan fingerprint density at radius 2 is 2.00 bits per heavy atom. The minimum absolute atomic E-state index is 0.134. The average molecular weight is 360 g/mol. The molecule has 0 fully saturated rings. The fraction of sp³-hybridized carbons (Fsp3) is 0.150. The molecule has 0 radical (unpaired) electrons. The molecule has 5 aromatic rings. The highest BCUT2D eigenvalue weighted by molar-refractivity contribution is 6.14. The van der Waals surface area contributed by atoms with Crippen molar-refractivity contribution in [2.45, 2.75) is 19.9 Å². The Balaban J connectivity index is 2.06. The average Bonchev–Trinajstić information content (AvgIpc) is 3.21. The van der Waals surface area contributed by atoms with Crippen molar-refractivity contribution in [3.63, 3.8) is 0 Å². The number of fused-ring (bicyclic) bond motifs is 4. The van der Waals surface area contributed by atoms with Crippen LogP contribution in [0.1, 0.15) is 19.9 Å². The van der Waals surface area contributed by atoms with Crippen molar-refractivity contribution in [2.24, 2.45) is 0 Å². The molecule has 4 aromatic heterocycles. The van der Waals surface area contributed by atoms with Crippen molar-refractivity contribution in [1.82, 2.24) is 19.7 Å². The lowest BCUT2D eigenvalue weighted by atomic mass is 10.0. The lowest BCUT2D eigenvalue weighted by Gasteiger charge is -2.09. The minimum Gasteiger partial charge on any atom is -0.454 e. The summed E-state index contributed by atoms with van der Waals surface area (Å²) in [5, 5.41) is 4.75. The Kier molecular flexibility index (Phi) is 3.15. The predicted octanol–water partition coefficient (Wildman–Crippen LogP) is 3.56. The summed E-state index contributed by atoms with van der Waals surface area (Å²) in [5.41, 5.74) is 3.12. The first kappa shape index (κ1) is 15.6. The SMILES string of the molecule is CC(C)n1[nH]cc2c(-c3ccc[nH]c3=O)c3oc4cc(=O)ccc4c3nc21. The number of aromatic amines is 2. The molecule has 0 aliphatic carbocycles. The summed E-state index contributed by atoms with van der Waals surface area (Å²) in [6.45, 7) is 4.10. The van der Waals surface area contributed by atoms with Gasteiger partial charge in [0, 0.05) is 40.8 Å². The van der Waals surface area contributed by atoms with Crippen molar-refractivity contribution in [2.75, 3.05) is 0 Å². The Morgan fingerprint density at radius 3 is 2.78 bits per heavy atom. The molecule has 0 atom stereocenters. The van der Waals surface area contributed by atoms with Gasteiger partial charge in [-0.15, -0.1) is 0 Å². The molecule has 0 spiro atoms. The third kappa shape index (κ3) is 2.18. The van der Waals surface area contributed by atoms with Gasteiger partial charge in [0.2, 0.25) is 0 Å². The van der Waals surface area contributed by atoms with Crippen LogP contribution in [0.15, 0.2) is 56.7 Å². The van der Waals surface area contributed by atoms with E-state index in [9.17, 15) is 9.59 Å². The third-order valence-corrected chi connectivity index (χ3v) is 4.77. The molecule has 27 heavy (non-hydrogen) atoms. The van der Waals surface area contributed by atoms with Crippen LogP contribution in [0, 0.1) is 0 Å². The molecule has 134 valence electrons. The molecule has 0 unspecified atom stereocenters. The number of hydrogen-bond acceptors (Lipinski definition) is 4. The van der Waals surface area contributed by atoms with Crippen LogP contribution in [0.25, 0.3) is 44.2 Å². The molecule has 5 rings (SSSR count). The number of pyridine rings is 2. The first-order chi connectivity index (χ1) is 13.0. The Labute approximate surface area is 152 Å². The first-order valence-corrected chi connectivity index (χ1v) is 8.68. The zero-order valence-corrected chi connectivity index (χ0v) is 14.7. The number of rotatable bonds is 2. The molecule has 2 N–H and O–H groups in total.